The van der Waals surface area contributed by atoms with E-state index < -0.39 is 17.2 Å². The number of rotatable bonds is 8. The smallest absolute Gasteiger partial charge is 0.335 e. The minimum Gasteiger partial charge on any atom is -0.493 e. The second-order valence-electron chi connectivity index (χ2n) is 4.02. The number of methoxy groups -OCH3 is 1. The van der Waals surface area contributed by atoms with Gasteiger partial charge in [0.25, 0.3) is 0 Å². The molecule has 0 fully saturated rings. The summed E-state index contributed by atoms with van der Waals surface area (Å²) in [5.74, 6) is -1.29. The highest BCUT2D eigenvalue weighted by Crippen LogP contribution is 2.28. The third-order valence-corrected chi connectivity index (χ3v) is 3.05. The van der Waals surface area contributed by atoms with Gasteiger partial charge in [0.05, 0.1) is 24.5 Å². The molecular formula is C13H16O6S. The van der Waals surface area contributed by atoms with Crippen molar-refractivity contribution in [2.45, 2.75) is 18.1 Å². The third-order valence-electron chi connectivity index (χ3n) is 2.58. The number of carboxylic acids is 2. The normalized spacial score (nSPS) is 11.7. The van der Waals surface area contributed by atoms with Crippen LogP contribution in [0.2, 0.25) is 0 Å². The first-order valence-corrected chi connectivity index (χ1v) is 6.42. The van der Waals surface area contributed by atoms with Crippen LogP contribution in [0.25, 0.3) is 0 Å². The predicted octanol–water partition coefficient (Wildman–Crippen LogP) is 1.94. The van der Waals surface area contributed by atoms with Crippen molar-refractivity contribution < 1.29 is 29.3 Å². The van der Waals surface area contributed by atoms with Gasteiger partial charge in [-0.1, -0.05) is 0 Å². The fourth-order valence-corrected chi connectivity index (χ4v) is 1.69. The molecule has 0 aromatic heterocycles. The predicted molar refractivity (Wildman–Crippen MR) is 75.1 cm³/mol. The summed E-state index contributed by atoms with van der Waals surface area (Å²) in [5, 5.41) is 16.9. The lowest BCUT2D eigenvalue weighted by molar-refractivity contribution is -0.136. The molecule has 2 N–H and O–H groups in total. The number of aliphatic carboxylic acids is 1. The van der Waals surface area contributed by atoms with Crippen molar-refractivity contribution in [1.29, 1.82) is 0 Å². The Morgan fingerprint density at radius 3 is 2.55 bits per heavy atom. The molecule has 7 heteroatoms. The summed E-state index contributed by atoms with van der Waals surface area (Å²) in [4.78, 5) is 21.5. The Morgan fingerprint density at radius 2 is 2.00 bits per heavy atom. The zero-order chi connectivity index (χ0) is 15.1. The lowest BCUT2D eigenvalue weighted by Crippen LogP contribution is -2.14. The lowest BCUT2D eigenvalue weighted by atomic mass is 10.2. The Balaban J connectivity index is 2.60. The van der Waals surface area contributed by atoms with Crippen LogP contribution in [0.1, 0.15) is 23.2 Å². The Labute approximate surface area is 121 Å². The van der Waals surface area contributed by atoms with Crippen LogP contribution in [0.15, 0.2) is 18.2 Å². The van der Waals surface area contributed by atoms with Gasteiger partial charge >= 0.3 is 11.9 Å². The molecule has 1 aromatic carbocycles. The summed E-state index contributed by atoms with van der Waals surface area (Å²) < 4.78 is 10.5. The largest absolute Gasteiger partial charge is 0.493 e. The van der Waals surface area contributed by atoms with Crippen molar-refractivity contribution in [2.24, 2.45) is 0 Å². The molecule has 0 saturated carbocycles. The van der Waals surface area contributed by atoms with Crippen LogP contribution in [0, 0.1) is 0 Å². The summed E-state index contributed by atoms with van der Waals surface area (Å²) in [5.41, 5.74) is 0.0957. The highest BCUT2D eigenvalue weighted by molar-refractivity contribution is 7.81. The van der Waals surface area contributed by atoms with Gasteiger partial charge in [-0.2, -0.15) is 12.6 Å². The quantitative estimate of drug-likeness (QED) is 0.502. The molecule has 0 radical (unpaired) electrons. The molecule has 0 aliphatic rings. The molecule has 1 unspecified atom stereocenters. The Morgan fingerprint density at radius 1 is 1.30 bits per heavy atom. The van der Waals surface area contributed by atoms with Crippen LogP contribution in [-0.2, 0) is 4.79 Å². The maximum atomic E-state index is 10.9. The van der Waals surface area contributed by atoms with Crippen molar-refractivity contribution in [3.8, 4) is 11.5 Å². The van der Waals surface area contributed by atoms with Crippen LogP contribution >= 0.6 is 12.6 Å². The van der Waals surface area contributed by atoms with Crippen molar-refractivity contribution >= 4 is 24.6 Å². The third kappa shape index (κ3) is 4.65. The summed E-state index contributed by atoms with van der Waals surface area (Å²) in [6.07, 6.45) is 0.848. The Hall–Kier alpha value is -1.89. The van der Waals surface area contributed by atoms with Crippen molar-refractivity contribution in [3.05, 3.63) is 23.8 Å². The van der Waals surface area contributed by atoms with Crippen LogP contribution in [0.5, 0.6) is 11.5 Å². The van der Waals surface area contributed by atoms with Gasteiger partial charge < -0.3 is 19.7 Å². The molecule has 0 saturated heterocycles. The van der Waals surface area contributed by atoms with E-state index in [9.17, 15) is 9.59 Å². The molecule has 6 nitrogen and oxygen atoms in total. The number of carbonyl (C=O) groups is 2. The van der Waals surface area contributed by atoms with Crippen LogP contribution in [0.3, 0.4) is 0 Å². The van der Waals surface area contributed by atoms with E-state index in [1.165, 1.54) is 25.3 Å². The van der Waals surface area contributed by atoms with E-state index in [4.69, 9.17) is 19.7 Å². The molecule has 0 aliphatic heterocycles. The van der Waals surface area contributed by atoms with Crippen LogP contribution in [0.4, 0.5) is 0 Å². The number of hydrogen-bond donors (Lipinski definition) is 3. The number of hydrogen-bond acceptors (Lipinski definition) is 5. The average Bonchev–Trinajstić information content (AvgIpc) is 2.42. The molecule has 1 atom stereocenters. The van der Waals surface area contributed by atoms with Crippen molar-refractivity contribution in [2.75, 3.05) is 13.7 Å². The van der Waals surface area contributed by atoms with Gasteiger partial charge in [-0.05, 0) is 31.0 Å². The van der Waals surface area contributed by atoms with E-state index in [1.54, 1.807) is 0 Å². The minimum absolute atomic E-state index is 0.0957. The summed E-state index contributed by atoms with van der Waals surface area (Å²) in [7, 11) is 1.46. The minimum atomic E-state index is -1.06. The zero-order valence-corrected chi connectivity index (χ0v) is 11.8. The SMILES string of the molecule is COc1ccc(C(=O)O)cc1OCCCC(S)C(=O)O. The van der Waals surface area contributed by atoms with Crippen LogP contribution < -0.4 is 9.47 Å². The number of carboxylic acid groups (broad SMARTS) is 2. The van der Waals surface area contributed by atoms with E-state index in [1.807, 2.05) is 0 Å². The maximum absolute atomic E-state index is 10.9. The standard InChI is InChI=1S/C13H16O6S/c1-18-9-5-4-8(12(14)15)7-10(9)19-6-2-3-11(20)13(16)17/h4-5,7,11,20H,2-3,6H2,1H3,(H,14,15)(H,16,17). The molecule has 1 rings (SSSR count). The van der Waals surface area contributed by atoms with Gasteiger partial charge in [0.1, 0.15) is 0 Å². The van der Waals surface area contributed by atoms with E-state index in [2.05, 4.69) is 12.6 Å². The Kier molecular flexibility index (Phi) is 6.17. The van der Waals surface area contributed by atoms with Gasteiger partial charge in [-0.3, -0.25) is 4.79 Å². The number of benzene rings is 1. The summed E-state index contributed by atoms with van der Waals surface area (Å²) in [6, 6.07) is 4.30. The summed E-state index contributed by atoms with van der Waals surface area (Å²) >= 11 is 3.91. The fourth-order valence-electron chi connectivity index (χ4n) is 1.50. The average molecular weight is 300 g/mol. The van der Waals surface area contributed by atoms with Gasteiger partial charge in [0.2, 0.25) is 0 Å². The molecule has 1 aromatic rings. The maximum Gasteiger partial charge on any atom is 0.335 e. The second kappa shape index (κ2) is 7.64. The zero-order valence-electron chi connectivity index (χ0n) is 10.9. The van der Waals surface area contributed by atoms with Crippen molar-refractivity contribution in [3.63, 3.8) is 0 Å². The molecule has 0 spiro atoms. The molecule has 0 aliphatic carbocycles. The molecule has 20 heavy (non-hydrogen) atoms. The van der Waals surface area contributed by atoms with Gasteiger partial charge in [-0.25, -0.2) is 4.79 Å². The van der Waals surface area contributed by atoms with Gasteiger partial charge in [-0.15, -0.1) is 0 Å². The fraction of sp³-hybridized carbons (Fsp3) is 0.385. The van der Waals surface area contributed by atoms with E-state index in [0.29, 0.717) is 24.3 Å². The first-order chi connectivity index (χ1) is 9.45. The first kappa shape index (κ1) is 16.2. The van der Waals surface area contributed by atoms with Gasteiger partial charge in [0.15, 0.2) is 11.5 Å². The number of thiol groups is 1. The Bertz CT molecular complexity index is 488. The second-order valence-corrected chi connectivity index (χ2v) is 4.64. The topological polar surface area (TPSA) is 93.1 Å². The molecule has 0 heterocycles. The summed E-state index contributed by atoms with van der Waals surface area (Å²) in [6.45, 7) is 0.254. The van der Waals surface area contributed by atoms with Gasteiger partial charge in [0, 0.05) is 0 Å². The van der Waals surface area contributed by atoms with E-state index in [-0.39, 0.29) is 12.2 Å². The highest BCUT2D eigenvalue weighted by Gasteiger charge is 2.13. The monoisotopic (exact) mass is 300 g/mol. The molecule has 0 bridgehead atoms. The molecular weight excluding hydrogens is 284 g/mol. The van der Waals surface area contributed by atoms with Crippen molar-refractivity contribution in [1.82, 2.24) is 0 Å². The number of aromatic carboxylic acids is 1. The lowest BCUT2D eigenvalue weighted by Gasteiger charge is -2.12. The van der Waals surface area contributed by atoms with Crippen LogP contribution in [-0.4, -0.2) is 41.1 Å². The van der Waals surface area contributed by atoms with E-state index in [0.717, 1.165) is 0 Å². The number of ether oxygens (including phenoxy) is 2. The molecule has 0 amide bonds. The highest BCUT2D eigenvalue weighted by atomic mass is 32.1. The first-order valence-electron chi connectivity index (χ1n) is 5.90. The van der Waals surface area contributed by atoms with E-state index >= 15 is 0 Å². The molecule has 110 valence electrons.